The summed E-state index contributed by atoms with van der Waals surface area (Å²) in [7, 11) is -3.64. The van der Waals surface area contributed by atoms with Crippen LogP contribution in [0.25, 0.3) is 0 Å². The molecule has 1 aliphatic heterocycles. The topological polar surface area (TPSA) is 66.5 Å². The van der Waals surface area contributed by atoms with Crippen LogP contribution in [0, 0.1) is 5.92 Å². The molecule has 0 atom stereocenters. The second kappa shape index (κ2) is 7.01. The molecule has 6 heteroatoms. The number of hydrogen-bond acceptors (Lipinski definition) is 3. The van der Waals surface area contributed by atoms with Crippen LogP contribution in [0.1, 0.15) is 44.7 Å². The molecular formula is C17H26N2O3S. The molecule has 1 aromatic carbocycles. The third-order valence-corrected chi connectivity index (χ3v) is 5.95. The maximum absolute atomic E-state index is 13.0. The first-order chi connectivity index (χ1) is 10.7. The summed E-state index contributed by atoms with van der Waals surface area (Å²) in [5.41, 5.74) is 1.98. The second-order valence-corrected chi connectivity index (χ2v) is 8.71. The lowest BCUT2D eigenvalue weighted by atomic mass is 9.96. The number of benzene rings is 1. The van der Waals surface area contributed by atoms with Crippen molar-refractivity contribution >= 4 is 15.9 Å². The first-order valence-corrected chi connectivity index (χ1v) is 9.55. The summed E-state index contributed by atoms with van der Waals surface area (Å²) >= 11 is 0. The predicted octanol–water partition coefficient (Wildman–Crippen LogP) is 2.13. The lowest BCUT2D eigenvalue weighted by Gasteiger charge is -2.27. The fourth-order valence-electron chi connectivity index (χ4n) is 2.77. The fraction of sp³-hybridized carbons (Fsp3) is 0.588. The molecule has 0 radical (unpaired) electrons. The molecule has 23 heavy (non-hydrogen) atoms. The summed E-state index contributed by atoms with van der Waals surface area (Å²) in [6.45, 7) is 8.92. The highest BCUT2D eigenvalue weighted by Crippen LogP contribution is 2.27. The molecule has 1 aromatic rings. The Morgan fingerprint density at radius 2 is 1.91 bits per heavy atom. The van der Waals surface area contributed by atoms with Crippen LogP contribution in [0.15, 0.2) is 23.1 Å². The van der Waals surface area contributed by atoms with Gasteiger partial charge in [0.2, 0.25) is 15.9 Å². The first kappa shape index (κ1) is 17.9. The van der Waals surface area contributed by atoms with E-state index in [1.165, 1.54) is 4.31 Å². The molecule has 0 bridgehead atoms. The Labute approximate surface area is 139 Å². The van der Waals surface area contributed by atoms with Crippen molar-refractivity contribution in [2.24, 2.45) is 5.92 Å². The Kier molecular flexibility index (Phi) is 5.47. The van der Waals surface area contributed by atoms with E-state index in [-0.39, 0.29) is 12.5 Å². The number of rotatable bonds is 5. The van der Waals surface area contributed by atoms with Crippen LogP contribution in [0.2, 0.25) is 0 Å². The molecule has 1 N–H and O–H groups in total. The van der Waals surface area contributed by atoms with Crippen molar-refractivity contribution < 1.29 is 13.2 Å². The Hall–Kier alpha value is -1.40. The van der Waals surface area contributed by atoms with Crippen LogP contribution >= 0.6 is 0 Å². The van der Waals surface area contributed by atoms with E-state index in [4.69, 9.17) is 0 Å². The number of sulfonamides is 1. The van der Waals surface area contributed by atoms with Gasteiger partial charge in [-0.1, -0.05) is 39.8 Å². The van der Waals surface area contributed by atoms with Gasteiger partial charge in [-0.2, -0.15) is 4.31 Å². The van der Waals surface area contributed by atoms with Gasteiger partial charge in [0.1, 0.15) is 0 Å². The van der Waals surface area contributed by atoms with Crippen molar-refractivity contribution in [1.82, 2.24) is 9.62 Å². The van der Waals surface area contributed by atoms with Crippen LogP contribution in [0.5, 0.6) is 0 Å². The highest BCUT2D eigenvalue weighted by molar-refractivity contribution is 7.89. The average molecular weight is 338 g/mol. The van der Waals surface area contributed by atoms with Gasteiger partial charge in [-0.15, -0.1) is 0 Å². The maximum atomic E-state index is 13.0. The van der Waals surface area contributed by atoms with Gasteiger partial charge in [0.25, 0.3) is 0 Å². The molecule has 1 saturated heterocycles. The lowest BCUT2D eigenvalue weighted by Crippen LogP contribution is -2.50. The van der Waals surface area contributed by atoms with E-state index in [2.05, 4.69) is 33.0 Å². The van der Waals surface area contributed by atoms with E-state index in [0.717, 1.165) is 11.1 Å². The highest BCUT2D eigenvalue weighted by atomic mass is 32.2. The number of carbonyl (C=O) groups is 1. The molecule has 1 aliphatic rings. The Balaban J connectivity index is 2.45. The van der Waals surface area contributed by atoms with Gasteiger partial charge in [0.15, 0.2) is 0 Å². The minimum absolute atomic E-state index is 0.102. The molecule has 2 rings (SSSR count). The van der Waals surface area contributed by atoms with E-state index >= 15 is 0 Å². The number of nitrogens with zero attached hydrogens (tertiary/aromatic N) is 1. The summed E-state index contributed by atoms with van der Waals surface area (Å²) in [5, 5.41) is 2.66. The zero-order valence-electron chi connectivity index (χ0n) is 14.3. The quantitative estimate of drug-likeness (QED) is 0.894. The molecule has 0 spiro atoms. The Bertz CT molecular complexity index is 681. The molecule has 1 fully saturated rings. The second-order valence-electron chi connectivity index (χ2n) is 6.81. The minimum atomic E-state index is -3.64. The number of carbonyl (C=O) groups excluding carboxylic acids is 1. The van der Waals surface area contributed by atoms with Gasteiger partial charge in [-0.05, 0) is 35.4 Å². The monoisotopic (exact) mass is 338 g/mol. The standard InChI is InChI=1S/C17H26N2O3S/c1-12(2)9-15-10-14(13(3)4)5-6-16(15)23(21,22)19-8-7-18-17(20)11-19/h5-6,10,12-13H,7-9,11H2,1-4H3,(H,18,20). The van der Waals surface area contributed by atoms with Crippen LogP contribution in [-0.2, 0) is 21.2 Å². The number of hydrogen-bond donors (Lipinski definition) is 1. The van der Waals surface area contributed by atoms with E-state index in [1.54, 1.807) is 6.07 Å². The van der Waals surface area contributed by atoms with E-state index in [9.17, 15) is 13.2 Å². The summed E-state index contributed by atoms with van der Waals surface area (Å²) in [4.78, 5) is 11.9. The molecule has 0 unspecified atom stereocenters. The number of amides is 1. The van der Waals surface area contributed by atoms with E-state index in [0.29, 0.717) is 36.2 Å². The van der Waals surface area contributed by atoms with Gasteiger partial charge in [0, 0.05) is 13.1 Å². The fourth-order valence-corrected chi connectivity index (χ4v) is 4.38. The minimum Gasteiger partial charge on any atom is -0.354 e. The molecule has 5 nitrogen and oxygen atoms in total. The van der Waals surface area contributed by atoms with Gasteiger partial charge in [0.05, 0.1) is 11.4 Å². The van der Waals surface area contributed by atoms with Gasteiger partial charge in [-0.25, -0.2) is 8.42 Å². The maximum Gasteiger partial charge on any atom is 0.243 e. The zero-order chi connectivity index (χ0) is 17.2. The lowest BCUT2D eigenvalue weighted by molar-refractivity contribution is -0.122. The van der Waals surface area contributed by atoms with Crippen molar-refractivity contribution in [3.63, 3.8) is 0 Å². The third kappa shape index (κ3) is 4.12. The van der Waals surface area contributed by atoms with Crippen LogP contribution in [-0.4, -0.2) is 38.3 Å². The molecule has 0 aromatic heterocycles. The summed E-state index contributed by atoms with van der Waals surface area (Å²) in [6.07, 6.45) is 0.704. The zero-order valence-corrected chi connectivity index (χ0v) is 15.1. The molecule has 0 aliphatic carbocycles. The van der Waals surface area contributed by atoms with Gasteiger partial charge in [-0.3, -0.25) is 4.79 Å². The summed E-state index contributed by atoms with van der Waals surface area (Å²) in [6, 6.07) is 5.59. The third-order valence-electron chi connectivity index (χ3n) is 4.00. The van der Waals surface area contributed by atoms with E-state index < -0.39 is 10.0 Å². The summed E-state index contributed by atoms with van der Waals surface area (Å²) in [5.74, 6) is 0.457. The van der Waals surface area contributed by atoms with Gasteiger partial charge < -0.3 is 5.32 Å². The summed E-state index contributed by atoms with van der Waals surface area (Å²) < 4.78 is 27.2. The van der Waals surface area contributed by atoms with Crippen LogP contribution in [0.3, 0.4) is 0 Å². The molecule has 1 amide bonds. The Morgan fingerprint density at radius 3 is 2.48 bits per heavy atom. The first-order valence-electron chi connectivity index (χ1n) is 8.11. The number of nitrogens with one attached hydrogen (secondary N) is 1. The Morgan fingerprint density at radius 1 is 1.22 bits per heavy atom. The predicted molar refractivity (Wildman–Crippen MR) is 90.8 cm³/mol. The van der Waals surface area contributed by atoms with E-state index in [1.807, 2.05) is 12.1 Å². The highest BCUT2D eigenvalue weighted by Gasteiger charge is 2.31. The van der Waals surface area contributed by atoms with Crippen molar-refractivity contribution in [2.75, 3.05) is 19.6 Å². The van der Waals surface area contributed by atoms with Gasteiger partial charge >= 0.3 is 0 Å². The average Bonchev–Trinajstić information content (AvgIpc) is 2.46. The normalized spacial score (nSPS) is 16.9. The SMILES string of the molecule is CC(C)Cc1cc(C(C)C)ccc1S(=O)(=O)N1CCNC(=O)C1. The van der Waals surface area contributed by atoms with Crippen LogP contribution in [0.4, 0.5) is 0 Å². The largest absolute Gasteiger partial charge is 0.354 e. The molecular weight excluding hydrogens is 312 g/mol. The smallest absolute Gasteiger partial charge is 0.243 e. The molecule has 1 heterocycles. The molecule has 0 saturated carbocycles. The van der Waals surface area contributed by atoms with Crippen LogP contribution < -0.4 is 5.32 Å². The van der Waals surface area contributed by atoms with Crippen molar-refractivity contribution in [3.05, 3.63) is 29.3 Å². The molecule has 128 valence electrons. The van der Waals surface area contributed by atoms with Crippen molar-refractivity contribution in [1.29, 1.82) is 0 Å². The van der Waals surface area contributed by atoms with Crippen molar-refractivity contribution in [2.45, 2.75) is 44.9 Å². The van der Waals surface area contributed by atoms with Crippen molar-refractivity contribution in [3.8, 4) is 0 Å². The number of piperazine rings is 1.